The molecule has 0 radical (unpaired) electrons. The Labute approximate surface area is 160 Å². The molecule has 5 atom stereocenters. The summed E-state index contributed by atoms with van der Waals surface area (Å²) in [6.07, 6.45) is 3.17. The maximum Gasteiger partial charge on any atom is 0.159 e. The van der Waals surface area contributed by atoms with Crippen molar-refractivity contribution in [1.29, 1.82) is 0 Å². The number of hydrogen-bond donors (Lipinski definition) is 1. The molecule has 0 aromatic heterocycles. The maximum absolute atomic E-state index is 13.9. The Kier molecular flexibility index (Phi) is 3.73. The van der Waals surface area contributed by atoms with E-state index in [2.05, 4.69) is 5.32 Å². The summed E-state index contributed by atoms with van der Waals surface area (Å²) in [5.41, 5.74) is 2.23. The summed E-state index contributed by atoms with van der Waals surface area (Å²) < 4.78 is 27.3. The zero-order chi connectivity index (χ0) is 18.9. The summed E-state index contributed by atoms with van der Waals surface area (Å²) in [4.78, 5) is 11.8. The van der Waals surface area contributed by atoms with Crippen LogP contribution >= 0.6 is 11.6 Å². The standard InChI is InChI=1S/C21H18ClF2NO2/c22-12-7-13(21(26)27)19-16(8-12)25-20(11-3-4-14(23)15(24)6-11)18-10-2-1-9(5-10)17(18)19/h3-4,6-10,17-18,20,25H,1-2,5H2,(H,26,27)/p-1/t9-,10-,17-,18+,20+/m0/s1. The van der Waals surface area contributed by atoms with E-state index in [-0.39, 0.29) is 23.4 Å². The van der Waals surface area contributed by atoms with Crippen LogP contribution in [0.25, 0.3) is 0 Å². The highest BCUT2D eigenvalue weighted by Crippen LogP contribution is 2.64. The average molecular weight is 389 g/mol. The molecule has 2 aromatic carbocycles. The molecule has 1 heterocycles. The molecule has 0 saturated heterocycles. The first-order valence-corrected chi connectivity index (χ1v) is 9.58. The number of aromatic carboxylic acids is 1. The van der Waals surface area contributed by atoms with Crippen LogP contribution in [0, 0.1) is 29.4 Å². The van der Waals surface area contributed by atoms with E-state index in [1.54, 1.807) is 12.1 Å². The molecule has 6 heteroatoms. The number of nitrogens with one attached hydrogen (secondary N) is 1. The lowest BCUT2D eigenvalue weighted by molar-refractivity contribution is -0.255. The minimum atomic E-state index is -1.23. The Bertz CT molecular complexity index is 963. The largest absolute Gasteiger partial charge is 0.545 e. The van der Waals surface area contributed by atoms with Crippen LogP contribution in [0.2, 0.25) is 5.02 Å². The third kappa shape index (κ3) is 2.48. The third-order valence-corrected chi connectivity index (χ3v) is 6.90. The molecule has 2 aromatic rings. The normalized spacial score (nSPS) is 30.6. The number of carboxylic acids is 1. The highest BCUT2D eigenvalue weighted by Gasteiger charge is 2.54. The van der Waals surface area contributed by atoms with E-state index in [0.29, 0.717) is 28.1 Å². The molecule has 1 N–H and O–H groups in total. The molecule has 0 amide bonds. The fourth-order valence-electron chi connectivity index (χ4n) is 5.78. The predicted octanol–water partition coefficient (Wildman–Crippen LogP) is 4.28. The summed E-state index contributed by atoms with van der Waals surface area (Å²) in [6.45, 7) is 0. The van der Waals surface area contributed by atoms with E-state index >= 15 is 0 Å². The summed E-state index contributed by atoms with van der Waals surface area (Å²) >= 11 is 6.15. The lowest BCUT2D eigenvalue weighted by atomic mass is 9.67. The van der Waals surface area contributed by atoms with Gasteiger partial charge in [-0.25, -0.2) is 8.78 Å². The Hall–Kier alpha value is -2.14. The monoisotopic (exact) mass is 388 g/mol. The number of anilines is 1. The molecular weight excluding hydrogens is 372 g/mol. The summed E-state index contributed by atoms with van der Waals surface area (Å²) in [6, 6.07) is 6.96. The number of fused-ring (bicyclic) bond motifs is 7. The summed E-state index contributed by atoms with van der Waals surface area (Å²) in [5, 5.41) is 15.5. The smallest absolute Gasteiger partial charge is 0.159 e. The van der Waals surface area contributed by atoms with Crippen molar-refractivity contribution in [2.45, 2.75) is 31.2 Å². The number of benzene rings is 2. The first-order chi connectivity index (χ1) is 12.9. The quantitative estimate of drug-likeness (QED) is 0.835. The lowest BCUT2D eigenvalue weighted by Crippen LogP contribution is -2.37. The van der Waals surface area contributed by atoms with Gasteiger partial charge in [-0.15, -0.1) is 0 Å². The van der Waals surface area contributed by atoms with Crippen molar-refractivity contribution in [3.8, 4) is 0 Å². The van der Waals surface area contributed by atoms with Crippen molar-refractivity contribution in [3.05, 3.63) is 63.7 Å². The summed E-state index contributed by atoms with van der Waals surface area (Å²) in [7, 11) is 0. The number of carbonyl (C=O) groups is 1. The zero-order valence-corrected chi connectivity index (χ0v) is 15.1. The Morgan fingerprint density at radius 3 is 2.63 bits per heavy atom. The molecule has 1 aliphatic heterocycles. The van der Waals surface area contributed by atoms with Gasteiger partial charge in [0.1, 0.15) is 0 Å². The van der Waals surface area contributed by atoms with Crippen LogP contribution in [0.1, 0.15) is 52.7 Å². The fourth-order valence-corrected chi connectivity index (χ4v) is 6.00. The van der Waals surface area contributed by atoms with Crippen molar-refractivity contribution in [3.63, 3.8) is 0 Å². The van der Waals surface area contributed by atoms with Crippen molar-refractivity contribution in [1.82, 2.24) is 0 Å². The van der Waals surface area contributed by atoms with Gasteiger partial charge in [-0.2, -0.15) is 0 Å². The molecule has 2 aliphatic carbocycles. The third-order valence-electron chi connectivity index (χ3n) is 6.68. The van der Waals surface area contributed by atoms with Gasteiger partial charge < -0.3 is 15.2 Å². The van der Waals surface area contributed by atoms with Gasteiger partial charge in [0, 0.05) is 16.3 Å². The highest BCUT2D eigenvalue weighted by atomic mass is 35.5. The second-order valence-corrected chi connectivity index (χ2v) is 8.37. The number of rotatable bonds is 2. The van der Waals surface area contributed by atoms with Crippen LogP contribution in [0.15, 0.2) is 30.3 Å². The van der Waals surface area contributed by atoms with Crippen LogP contribution in [0.5, 0.6) is 0 Å². The van der Waals surface area contributed by atoms with Gasteiger partial charge in [0.2, 0.25) is 0 Å². The number of hydrogen-bond acceptors (Lipinski definition) is 3. The van der Waals surface area contributed by atoms with E-state index in [4.69, 9.17) is 11.6 Å². The molecule has 5 rings (SSSR count). The molecule has 3 aliphatic rings. The molecule has 2 saturated carbocycles. The van der Waals surface area contributed by atoms with Crippen molar-refractivity contribution < 1.29 is 18.7 Å². The van der Waals surface area contributed by atoms with E-state index in [1.807, 2.05) is 0 Å². The van der Waals surface area contributed by atoms with Gasteiger partial charge in [-0.3, -0.25) is 0 Å². The van der Waals surface area contributed by atoms with Crippen LogP contribution in [-0.2, 0) is 0 Å². The molecule has 2 bridgehead atoms. The van der Waals surface area contributed by atoms with E-state index in [0.717, 1.165) is 30.9 Å². The van der Waals surface area contributed by atoms with Gasteiger partial charge in [0.05, 0.1) is 12.0 Å². The van der Waals surface area contributed by atoms with Gasteiger partial charge in [0.15, 0.2) is 11.6 Å². The number of carbonyl (C=O) groups excluding carboxylic acids is 1. The van der Waals surface area contributed by atoms with Crippen molar-refractivity contribution in [2.24, 2.45) is 17.8 Å². The fraction of sp³-hybridized carbons (Fsp3) is 0.381. The first kappa shape index (κ1) is 17.0. The summed E-state index contributed by atoms with van der Waals surface area (Å²) in [5.74, 6) is -1.95. The Morgan fingerprint density at radius 1 is 1.11 bits per heavy atom. The van der Waals surface area contributed by atoms with Gasteiger partial charge >= 0.3 is 0 Å². The van der Waals surface area contributed by atoms with Crippen LogP contribution in [-0.4, -0.2) is 5.97 Å². The minimum Gasteiger partial charge on any atom is -0.545 e. The first-order valence-electron chi connectivity index (χ1n) is 9.20. The van der Waals surface area contributed by atoms with Gasteiger partial charge in [-0.05, 0) is 78.3 Å². The average Bonchev–Trinajstić information content (AvgIpc) is 3.24. The van der Waals surface area contributed by atoms with Crippen LogP contribution < -0.4 is 10.4 Å². The van der Waals surface area contributed by atoms with Crippen molar-refractivity contribution >= 4 is 23.3 Å². The molecule has 27 heavy (non-hydrogen) atoms. The second-order valence-electron chi connectivity index (χ2n) is 7.93. The Morgan fingerprint density at radius 2 is 1.89 bits per heavy atom. The van der Waals surface area contributed by atoms with Gasteiger partial charge in [0.25, 0.3) is 0 Å². The molecule has 3 nitrogen and oxygen atoms in total. The van der Waals surface area contributed by atoms with E-state index in [1.165, 1.54) is 12.1 Å². The molecule has 0 spiro atoms. The van der Waals surface area contributed by atoms with Crippen molar-refractivity contribution in [2.75, 3.05) is 5.32 Å². The SMILES string of the molecule is O=C([O-])c1cc(Cl)cc2c1[C@H]1[C@H]3CC[C@@H](C3)[C@H]1[C@@H](c1ccc(F)c(F)c1)N2. The Balaban J connectivity index is 1.69. The zero-order valence-electron chi connectivity index (χ0n) is 14.3. The molecule has 2 fully saturated rings. The van der Waals surface area contributed by atoms with Crippen LogP contribution in [0.4, 0.5) is 14.5 Å². The second kappa shape index (κ2) is 5.93. The van der Waals surface area contributed by atoms with E-state index < -0.39 is 17.6 Å². The van der Waals surface area contributed by atoms with E-state index in [9.17, 15) is 18.7 Å². The van der Waals surface area contributed by atoms with Crippen LogP contribution in [0.3, 0.4) is 0 Å². The van der Waals surface area contributed by atoms with Gasteiger partial charge in [-0.1, -0.05) is 17.7 Å². The predicted molar refractivity (Wildman–Crippen MR) is 95.6 cm³/mol. The minimum absolute atomic E-state index is 0.0586. The number of halogens is 3. The number of carboxylic acid groups (broad SMARTS) is 1. The molecule has 0 unspecified atom stereocenters. The maximum atomic E-state index is 13.9. The topological polar surface area (TPSA) is 52.2 Å². The lowest BCUT2D eigenvalue weighted by Gasteiger charge is -2.44. The molecular formula is C21H17ClF2NO2-. The molecule has 140 valence electrons. The highest BCUT2D eigenvalue weighted by molar-refractivity contribution is 6.31.